The molecule has 2 atom stereocenters. The van der Waals surface area contributed by atoms with Gasteiger partial charge in [-0.15, -0.1) is 0 Å². The molecule has 2 unspecified atom stereocenters. The second-order valence-electron chi connectivity index (χ2n) is 5.29. The number of ether oxygens (including phenoxy) is 1. The van der Waals surface area contributed by atoms with Crippen molar-refractivity contribution in [3.8, 4) is 5.75 Å². The normalized spacial score (nSPS) is 22.1. The average Bonchev–Trinajstić information content (AvgIpc) is 2.45. The van der Waals surface area contributed by atoms with Gasteiger partial charge in [-0.2, -0.15) is 0 Å². The Morgan fingerprint density at radius 3 is 2.84 bits per heavy atom. The van der Waals surface area contributed by atoms with Crippen LogP contribution in [-0.4, -0.2) is 37.7 Å². The highest BCUT2D eigenvalue weighted by Gasteiger charge is 2.32. The van der Waals surface area contributed by atoms with Gasteiger partial charge in [0.1, 0.15) is 12.4 Å². The molecule has 0 aromatic heterocycles. The van der Waals surface area contributed by atoms with Crippen molar-refractivity contribution in [1.82, 2.24) is 10.2 Å². The molecule has 3 nitrogen and oxygen atoms in total. The van der Waals surface area contributed by atoms with E-state index in [1.54, 1.807) is 0 Å². The predicted molar refractivity (Wildman–Crippen MR) is 79.7 cm³/mol. The summed E-state index contributed by atoms with van der Waals surface area (Å²) in [7, 11) is 2.21. The highest BCUT2D eigenvalue weighted by Crippen LogP contribution is 2.33. The number of likely N-dealkylation sites (N-methyl/N-ethyl adjacent to an activating group) is 2. The first kappa shape index (κ1) is 14.4. The minimum atomic E-state index is 0.372. The Morgan fingerprint density at radius 2 is 2.11 bits per heavy atom. The van der Waals surface area contributed by atoms with Gasteiger partial charge in [-0.05, 0) is 32.6 Å². The zero-order valence-corrected chi connectivity index (χ0v) is 12.4. The minimum Gasteiger partial charge on any atom is -0.492 e. The van der Waals surface area contributed by atoms with Crippen molar-refractivity contribution < 1.29 is 4.74 Å². The number of fused-ring (bicyclic) bond motifs is 1. The van der Waals surface area contributed by atoms with E-state index in [1.165, 1.54) is 18.4 Å². The number of hydrogen-bond donors (Lipinski definition) is 1. The summed E-state index contributed by atoms with van der Waals surface area (Å²) in [4.78, 5) is 2.44. The standard InChI is InChI=1S/C16H26N2O/c1-4-6-11-18(3)14-12-19-15-10-8-7-9-13(15)16(14)17-5-2/h7-10,14,16-17H,4-6,11-12H2,1-3H3. The van der Waals surface area contributed by atoms with Crippen LogP contribution in [0.1, 0.15) is 38.3 Å². The lowest BCUT2D eigenvalue weighted by Crippen LogP contribution is -2.49. The molecule has 0 spiro atoms. The van der Waals surface area contributed by atoms with Crippen molar-refractivity contribution in [3.05, 3.63) is 29.8 Å². The molecule has 1 aromatic carbocycles. The molecule has 1 aromatic rings. The van der Waals surface area contributed by atoms with E-state index >= 15 is 0 Å². The van der Waals surface area contributed by atoms with Gasteiger partial charge in [-0.3, -0.25) is 4.90 Å². The van der Waals surface area contributed by atoms with Crippen molar-refractivity contribution >= 4 is 0 Å². The summed E-state index contributed by atoms with van der Waals surface area (Å²) in [6.45, 7) is 7.30. The van der Waals surface area contributed by atoms with E-state index in [9.17, 15) is 0 Å². The van der Waals surface area contributed by atoms with Crippen LogP contribution in [0.15, 0.2) is 24.3 Å². The van der Waals surface area contributed by atoms with Gasteiger partial charge in [0, 0.05) is 5.56 Å². The quantitative estimate of drug-likeness (QED) is 0.853. The van der Waals surface area contributed by atoms with Crippen LogP contribution in [0.25, 0.3) is 0 Å². The van der Waals surface area contributed by atoms with Gasteiger partial charge in [0.25, 0.3) is 0 Å². The molecule has 2 rings (SSSR count). The fourth-order valence-electron chi connectivity index (χ4n) is 2.77. The Morgan fingerprint density at radius 1 is 1.32 bits per heavy atom. The first-order chi connectivity index (χ1) is 9.27. The van der Waals surface area contributed by atoms with Crippen molar-refractivity contribution in [2.75, 3.05) is 26.7 Å². The van der Waals surface area contributed by atoms with Gasteiger partial charge in [-0.1, -0.05) is 38.5 Å². The van der Waals surface area contributed by atoms with Crippen LogP contribution in [-0.2, 0) is 0 Å². The van der Waals surface area contributed by atoms with Crippen LogP contribution in [0.4, 0.5) is 0 Å². The molecular weight excluding hydrogens is 236 g/mol. The van der Waals surface area contributed by atoms with Gasteiger partial charge in [0.2, 0.25) is 0 Å². The molecule has 19 heavy (non-hydrogen) atoms. The Kier molecular flexibility index (Phi) is 5.23. The topological polar surface area (TPSA) is 24.5 Å². The lowest BCUT2D eigenvalue weighted by molar-refractivity contribution is 0.105. The summed E-state index contributed by atoms with van der Waals surface area (Å²) < 4.78 is 5.93. The van der Waals surface area contributed by atoms with E-state index in [0.29, 0.717) is 12.1 Å². The Labute approximate surface area is 116 Å². The number of nitrogens with zero attached hydrogens (tertiary/aromatic N) is 1. The third-order valence-corrected chi connectivity index (χ3v) is 3.90. The monoisotopic (exact) mass is 262 g/mol. The first-order valence-corrected chi connectivity index (χ1v) is 7.43. The van der Waals surface area contributed by atoms with Crippen LogP contribution >= 0.6 is 0 Å². The van der Waals surface area contributed by atoms with E-state index in [2.05, 4.69) is 49.3 Å². The molecule has 1 aliphatic heterocycles. The summed E-state index contributed by atoms with van der Waals surface area (Å²) in [5, 5.41) is 3.63. The van der Waals surface area contributed by atoms with E-state index in [4.69, 9.17) is 4.74 Å². The molecule has 0 amide bonds. The number of benzene rings is 1. The Balaban J connectivity index is 2.16. The molecule has 0 fully saturated rings. The largest absolute Gasteiger partial charge is 0.492 e. The zero-order chi connectivity index (χ0) is 13.7. The SMILES string of the molecule is CCCCN(C)C1COc2ccccc2C1NCC. The van der Waals surface area contributed by atoms with E-state index in [-0.39, 0.29) is 0 Å². The number of hydrogen-bond acceptors (Lipinski definition) is 3. The third-order valence-electron chi connectivity index (χ3n) is 3.90. The maximum atomic E-state index is 5.93. The lowest BCUT2D eigenvalue weighted by atomic mass is 9.95. The molecule has 0 aliphatic carbocycles. The second-order valence-corrected chi connectivity index (χ2v) is 5.29. The van der Waals surface area contributed by atoms with Crippen LogP contribution in [0, 0.1) is 0 Å². The van der Waals surface area contributed by atoms with E-state index in [1.807, 2.05) is 6.07 Å². The second kappa shape index (κ2) is 6.92. The summed E-state index contributed by atoms with van der Waals surface area (Å²) in [5.41, 5.74) is 1.30. The summed E-state index contributed by atoms with van der Waals surface area (Å²) in [6, 6.07) is 9.19. The maximum absolute atomic E-state index is 5.93. The van der Waals surface area contributed by atoms with Crippen molar-refractivity contribution in [1.29, 1.82) is 0 Å². The lowest BCUT2D eigenvalue weighted by Gasteiger charge is -2.39. The van der Waals surface area contributed by atoms with Crippen LogP contribution in [0.3, 0.4) is 0 Å². The summed E-state index contributed by atoms with van der Waals surface area (Å²) in [5.74, 6) is 1.04. The zero-order valence-electron chi connectivity index (χ0n) is 12.4. The number of unbranched alkanes of at least 4 members (excludes halogenated alkanes) is 1. The Hall–Kier alpha value is -1.06. The van der Waals surface area contributed by atoms with Crippen LogP contribution < -0.4 is 10.1 Å². The van der Waals surface area contributed by atoms with Crippen LogP contribution in [0.2, 0.25) is 0 Å². The molecule has 0 saturated carbocycles. The smallest absolute Gasteiger partial charge is 0.124 e. The number of nitrogens with one attached hydrogen (secondary N) is 1. The van der Waals surface area contributed by atoms with Gasteiger partial charge >= 0.3 is 0 Å². The fourth-order valence-corrected chi connectivity index (χ4v) is 2.77. The molecule has 0 radical (unpaired) electrons. The van der Waals surface area contributed by atoms with Crippen molar-refractivity contribution in [3.63, 3.8) is 0 Å². The minimum absolute atomic E-state index is 0.372. The van der Waals surface area contributed by atoms with Gasteiger partial charge in [0.05, 0.1) is 12.1 Å². The highest BCUT2D eigenvalue weighted by atomic mass is 16.5. The number of rotatable bonds is 6. The fraction of sp³-hybridized carbons (Fsp3) is 0.625. The predicted octanol–water partition coefficient (Wildman–Crippen LogP) is 2.83. The Bertz CT molecular complexity index is 394. The van der Waals surface area contributed by atoms with Crippen molar-refractivity contribution in [2.24, 2.45) is 0 Å². The molecule has 106 valence electrons. The molecule has 1 N–H and O–H groups in total. The molecule has 3 heteroatoms. The molecular formula is C16H26N2O. The maximum Gasteiger partial charge on any atom is 0.124 e. The average molecular weight is 262 g/mol. The third kappa shape index (κ3) is 3.28. The highest BCUT2D eigenvalue weighted by molar-refractivity contribution is 5.38. The molecule has 0 saturated heterocycles. The molecule has 1 aliphatic rings. The van der Waals surface area contributed by atoms with Gasteiger partial charge in [0.15, 0.2) is 0 Å². The van der Waals surface area contributed by atoms with E-state index < -0.39 is 0 Å². The number of para-hydroxylation sites is 1. The molecule has 1 heterocycles. The molecule has 0 bridgehead atoms. The van der Waals surface area contributed by atoms with Crippen molar-refractivity contribution in [2.45, 2.75) is 38.8 Å². The van der Waals surface area contributed by atoms with Gasteiger partial charge in [-0.25, -0.2) is 0 Å². The van der Waals surface area contributed by atoms with Gasteiger partial charge < -0.3 is 10.1 Å². The first-order valence-electron chi connectivity index (χ1n) is 7.43. The summed E-state index contributed by atoms with van der Waals surface area (Å²) >= 11 is 0. The summed E-state index contributed by atoms with van der Waals surface area (Å²) in [6.07, 6.45) is 2.48. The van der Waals surface area contributed by atoms with Crippen LogP contribution in [0.5, 0.6) is 5.75 Å². The van der Waals surface area contributed by atoms with E-state index in [0.717, 1.165) is 25.4 Å².